The third-order valence-corrected chi connectivity index (χ3v) is 3.23. The molecule has 0 unspecified atom stereocenters. The second-order valence-corrected chi connectivity index (χ2v) is 4.53. The summed E-state index contributed by atoms with van der Waals surface area (Å²) in [7, 11) is 0. The van der Waals surface area contributed by atoms with Crippen LogP contribution in [0.4, 0.5) is 0 Å². The van der Waals surface area contributed by atoms with Crippen LogP contribution in [0, 0.1) is 0 Å². The van der Waals surface area contributed by atoms with Crippen LogP contribution in [0.1, 0.15) is 31.4 Å². The molecule has 0 amide bonds. The lowest BCUT2D eigenvalue weighted by molar-refractivity contribution is -0.154. The van der Waals surface area contributed by atoms with Crippen LogP contribution in [0.5, 0.6) is 0 Å². The molecule has 92 valence electrons. The fourth-order valence-corrected chi connectivity index (χ4v) is 2.14. The SMILES string of the molecule is O=C(O)CC1(OCCc2ccccn2)CCC1. The van der Waals surface area contributed by atoms with Crippen molar-refractivity contribution in [2.75, 3.05) is 6.61 Å². The molecule has 4 nitrogen and oxygen atoms in total. The van der Waals surface area contributed by atoms with Crippen LogP contribution in [-0.2, 0) is 16.0 Å². The highest BCUT2D eigenvalue weighted by atomic mass is 16.5. The molecule has 0 aromatic carbocycles. The molecule has 17 heavy (non-hydrogen) atoms. The molecule has 1 N–H and O–H groups in total. The Morgan fingerprint density at radius 3 is 2.82 bits per heavy atom. The summed E-state index contributed by atoms with van der Waals surface area (Å²) in [6.07, 6.45) is 5.41. The lowest BCUT2D eigenvalue weighted by Gasteiger charge is -2.40. The van der Waals surface area contributed by atoms with E-state index in [1.807, 2.05) is 18.2 Å². The number of aromatic nitrogens is 1. The van der Waals surface area contributed by atoms with E-state index in [-0.39, 0.29) is 6.42 Å². The molecule has 1 saturated carbocycles. The molecular formula is C13H17NO3. The van der Waals surface area contributed by atoms with Crippen molar-refractivity contribution in [1.82, 2.24) is 4.98 Å². The molecule has 0 spiro atoms. The number of hydrogen-bond donors (Lipinski definition) is 1. The van der Waals surface area contributed by atoms with E-state index in [9.17, 15) is 4.79 Å². The molecule has 2 rings (SSSR count). The summed E-state index contributed by atoms with van der Waals surface area (Å²) in [5.74, 6) is -0.775. The van der Waals surface area contributed by atoms with Gasteiger partial charge in [0.1, 0.15) is 0 Å². The van der Waals surface area contributed by atoms with E-state index in [1.165, 1.54) is 0 Å². The van der Waals surface area contributed by atoms with Crippen LogP contribution in [0.2, 0.25) is 0 Å². The van der Waals surface area contributed by atoms with Gasteiger partial charge in [-0.05, 0) is 31.4 Å². The zero-order valence-corrected chi connectivity index (χ0v) is 9.76. The number of nitrogens with zero attached hydrogens (tertiary/aromatic N) is 1. The summed E-state index contributed by atoms with van der Waals surface area (Å²) in [5, 5.41) is 8.84. The first kappa shape index (κ1) is 12.0. The first-order valence-corrected chi connectivity index (χ1v) is 5.96. The normalized spacial score (nSPS) is 17.4. The zero-order chi connectivity index (χ0) is 12.1. The van der Waals surface area contributed by atoms with E-state index in [4.69, 9.17) is 9.84 Å². The summed E-state index contributed by atoms with van der Waals surface area (Å²) in [4.78, 5) is 15.0. The van der Waals surface area contributed by atoms with E-state index in [0.29, 0.717) is 6.61 Å². The van der Waals surface area contributed by atoms with E-state index < -0.39 is 11.6 Å². The first-order chi connectivity index (χ1) is 8.20. The quantitative estimate of drug-likeness (QED) is 0.819. The zero-order valence-electron chi connectivity index (χ0n) is 9.76. The van der Waals surface area contributed by atoms with Crippen molar-refractivity contribution in [1.29, 1.82) is 0 Å². The molecule has 1 heterocycles. The second-order valence-electron chi connectivity index (χ2n) is 4.53. The maximum absolute atomic E-state index is 10.7. The van der Waals surface area contributed by atoms with Gasteiger partial charge in [-0.1, -0.05) is 6.07 Å². The van der Waals surface area contributed by atoms with Crippen LogP contribution < -0.4 is 0 Å². The molecule has 1 aromatic rings. The first-order valence-electron chi connectivity index (χ1n) is 5.96. The van der Waals surface area contributed by atoms with Crippen molar-refractivity contribution in [3.05, 3.63) is 30.1 Å². The maximum Gasteiger partial charge on any atom is 0.306 e. The van der Waals surface area contributed by atoms with Crippen LogP contribution in [0.25, 0.3) is 0 Å². The minimum absolute atomic E-state index is 0.120. The lowest BCUT2D eigenvalue weighted by atomic mass is 9.77. The Labute approximate surface area is 101 Å². The number of ether oxygens (including phenoxy) is 1. The van der Waals surface area contributed by atoms with Gasteiger partial charge in [0.15, 0.2) is 0 Å². The van der Waals surface area contributed by atoms with Crippen LogP contribution in [0.15, 0.2) is 24.4 Å². The number of carbonyl (C=O) groups is 1. The number of carboxylic acids is 1. The molecule has 1 aliphatic rings. The third kappa shape index (κ3) is 3.27. The van der Waals surface area contributed by atoms with Crippen molar-refractivity contribution >= 4 is 5.97 Å². The van der Waals surface area contributed by atoms with Crippen LogP contribution in [-0.4, -0.2) is 28.3 Å². The number of pyridine rings is 1. The highest BCUT2D eigenvalue weighted by molar-refractivity contribution is 5.68. The lowest BCUT2D eigenvalue weighted by Crippen LogP contribution is -2.42. The van der Waals surface area contributed by atoms with Crippen molar-refractivity contribution in [2.45, 2.75) is 37.7 Å². The Kier molecular flexibility index (Phi) is 3.74. The molecule has 1 aromatic heterocycles. The van der Waals surface area contributed by atoms with E-state index in [0.717, 1.165) is 31.4 Å². The van der Waals surface area contributed by atoms with Gasteiger partial charge in [-0.25, -0.2) is 0 Å². The Hall–Kier alpha value is -1.42. The highest BCUT2D eigenvalue weighted by Crippen LogP contribution is 2.38. The van der Waals surface area contributed by atoms with Gasteiger partial charge in [0.25, 0.3) is 0 Å². The fraction of sp³-hybridized carbons (Fsp3) is 0.538. The Balaban J connectivity index is 1.79. The average molecular weight is 235 g/mol. The maximum atomic E-state index is 10.7. The number of aliphatic carboxylic acids is 1. The van der Waals surface area contributed by atoms with Gasteiger partial charge in [0.2, 0.25) is 0 Å². The van der Waals surface area contributed by atoms with Gasteiger partial charge in [0.05, 0.1) is 18.6 Å². The summed E-state index contributed by atoms with van der Waals surface area (Å²) < 4.78 is 5.76. The number of hydrogen-bond acceptors (Lipinski definition) is 3. The van der Waals surface area contributed by atoms with Gasteiger partial charge in [-0.3, -0.25) is 9.78 Å². The van der Waals surface area contributed by atoms with Gasteiger partial charge in [0, 0.05) is 18.3 Å². The summed E-state index contributed by atoms with van der Waals surface area (Å²) in [5.41, 5.74) is 0.581. The Morgan fingerprint density at radius 1 is 1.47 bits per heavy atom. The molecule has 1 fully saturated rings. The van der Waals surface area contributed by atoms with Crippen molar-refractivity contribution in [3.63, 3.8) is 0 Å². The predicted octanol–water partition coefficient (Wildman–Crippen LogP) is 2.04. The highest BCUT2D eigenvalue weighted by Gasteiger charge is 2.39. The molecule has 4 heteroatoms. The fourth-order valence-electron chi connectivity index (χ4n) is 2.14. The average Bonchev–Trinajstić information content (AvgIpc) is 2.26. The van der Waals surface area contributed by atoms with Crippen LogP contribution in [0.3, 0.4) is 0 Å². The van der Waals surface area contributed by atoms with E-state index >= 15 is 0 Å². The largest absolute Gasteiger partial charge is 0.481 e. The van der Waals surface area contributed by atoms with Crippen molar-refractivity contribution < 1.29 is 14.6 Å². The molecule has 0 radical (unpaired) electrons. The minimum atomic E-state index is -0.775. The molecule has 0 saturated heterocycles. The third-order valence-electron chi connectivity index (χ3n) is 3.23. The Morgan fingerprint density at radius 2 is 2.29 bits per heavy atom. The summed E-state index contributed by atoms with van der Waals surface area (Å²) in [6.45, 7) is 0.546. The number of rotatable bonds is 6. The molecule has 1 aliphatic carbocycles. The molecule has 0 atom stereocenters. The van der Waals surface area contributed by atoms with E-state index in [1.54, 1.807) is 6.20 Å². The predicted molar refractivity (Wildman–Crippen MR) is 62.7 cm³/mol. The summed E-state index contributed by atoms with van der Waals surface area (Å²) in [6, 6.07) is 5.77. The minimum Gasteiger partial charge on any atom is -0.481 e. The van der Waals surface area contributed by atoms with Crippen molar-refractivity contribution in [2.24, 2.45) is 0 Å². The van der Waals surface area contributed by atoms with Gasteiger partial charge in [-0.2, -0.15) is 0 Å². The van der Waals surface area contributed by atoms with Gasteiger partial charge in [-0.15, -0.1) is 0 Å². The van der Waals surface area contributed by atoms with Crippen molar-refractivity contribution in [3.8, 4) is 0 Å². The molecular weight excluding hydrogens is 218 g/mol. The van der Waals surface area contributed by atoms with Crippen LogP contribution >= 0.6 is 0 Å². The monoisotopic (exact) mass is 235 g/mol. The smallest absolute Gasteiger partial charge is 0.306 e. The van der Waals surface area contributed by atoms with Gasteiger partial charge < -0.3 is 9.84 Å². The molecule has 0 aliphatic heterocycles. The standard InChI is InChI=1S/C13H17NO3/c15-12(16)10-13(6-3-7-13)17-9-5-11-4-1-2-8-14-11/h1-2,4,8H,3,5-7,9-10H2,(H,15,16). The second kappa shape index (κ2) is 5.27. The number of carboxylic acid groups (broad SMARTS) is 1. The summed E-state index contributed by atoms with van der Waals surface area (Å²) >= 11 is 0. The Bertz CT molecular complexity index is 374. The van der Waals surface area contributed by atoms with Gasteiger partial charge >= 0.3 is 5.97 Å². The topological polar surface area (TPSA) is 59.4 Å². The van der Waals surface area contributed by atoms with E-state index in [2.05, 4.69) is 4.98 Å². The molecule has 0 bridgehead atoms.